The van der Waals surface area contributed by atoms with Gasteiger partial charge in [0, 0.05) is 23.1 Å². The van der Waals surface area contributed by atoms with E-state index in [1.807, 2.05) is 30.3 Å². The van der Waals surface area contributed by atoms with Gasteiger partial charge in [-0.3, -0.25) is 0 Å². The normalized spacial score (nSPS) is 10.8. The molecule has 5 nitrogen and oxygen atoms in total. The van der Waals surface area contributed by atoms with E-state index in [1.54, 1.807) is 43.5 Å². The van der Waals surface area contributed by atoms with E-state index in [0.29, 0.717) is 40.2 Å². The second-order valence-corrected chi connectivity index (χ2v) is 6.31. The molecule has 0 fully saturated rings. The highest BCUT2D eigenvalue weighted by Gasteiger charge is 2.14. The van der Waals surface area contributed by atoms with Crippen molar-refractivity contribution in [2.75, 3.05) is 7.11 Å². The summed E-state index contributed by atoms with van der Waals surface area (Å²) in [6, 6.07) is 21.6. The molecule has 0 radical (unpaired) electrons. The minimum Gasteiger partial charge on any atom is -0.508 e. The third-order valence-electron chi connectivity index (χ3n) is 4.43. The lowest BCUT2D eigenvalue weighted by Gasteiger charge is -2.12. The summed E-state index contributed by atoms with van der Waals surface area (Å²) in [4.78, 5) is 12.5. The third-order valence-corrected chi connectivity index (χ3v) is 4.43. The molecule has 1 aromatic heterocycles. The summed E-state index contributed by atoms with van der Waals surface area (Å²) in [7, 11) is 1.54. The first-order chi connectivity index (χ1) is 13.6. The first kappa shape index (κ1) is 17.7. The molecule has 0 amide bonds. The molecule has 0 atom stereocenters. The number of phenols is 1. The van der Waals surface area contributed by atoms with E-state index in [1.165, 1.54) is 6.07 Å². The molecule has 5 heteroatoms. The molecular formula is C23H18O5. The molecule has 28 heavy (non-hydrogen) atoms. The number of methoxy groups -OCH3 is 1. The van der Waals surface area contributed by atoms with Gasteiger partial charge in [-0.2, -0.15) is 0 Å². The second-order valence-electron chi connectivity index (χ2n) is 6.31. The molecule has 0 aliphatic heterocycles. The number of rotatable bonds is 5. The van der Waals surface area contributed by atoms with Gasteiger partial charge >= 0.3 is 5.63 Å². The van der Waals surface area contributed by atoms with Gasteiger partial charge in [-0.15, -0.1) is 0 Å². The van der Waals surface area contributed by atoms with Crippen LogP contribution in [0.5, 0.6) is 17.2 Å². The summed E-state index contributed by atoms with van der Waals surface area (Å²) in [6.45, 7) is 0.435. The van der Waals surface area contributed by atoms with Gasteiger partial charge in [-0.05, 0) is 35.9 Å². The highest BCUT2D eigenvalue weighted by molar-refractivity contribution is 5.84. The topological polar surface area (TPSA) is 68.9 Å². The van der Waals surface area contributed by atoms with E-state index in [9.17, 15) is 9.90 Å². The first-order valence-electron chi connectivity index (χ1n) is 8.76. The van der Waals surface area contributed by atoms with Crippen molar-refractivity contribution in [2.24, 2.45) is 0 Å². The Balaban J connectivity index is 1.68. The molecule has 1 heterocycles. The minimum atomic E-state index is -0.505. The molecule has 0 aliphatic carbocycles. The summed E-state index contributed by atoms with van der Waals surface area (Å²) in [6.07, 6.45) is 0. The molecule has 0 bridgehead atoms. The Kier molecular flexibility index (Phi) is 4.72. The van der Waals surface area contributed by atoms with Gasteiger partial charge in [0.25, 0.3) is 0 Å². The third kappa shape index (κ3) is 3.55. The van der Waals surface area contributed by atoms with Crippen molar-refractivity contribution in [2.45, 2.75) is 6.61 Å². The van der Waals surface area contributed by atoms with Crippen LogP contribution in [0.1, 0.15) is 5.56 Å². The maximum Gasteiger partial charge on any atom is 0.344 e. The van der Waals surface area contributed by atoms with E-state index in [4.69, 9.17) is 13.9 Å². The number of hydrogen-bond donors (Lipinski definition) is 1. The number of hydrogen-bond acceptors (Lipinski definition) is 5. The van der Waals surface area contributed by atoms with Crippen LogP contribution in [-0.4, -0.2) is 12.2 Å². The summed E-state index contributed by atoms with van der Waals surface area (Å²) in [5.74, 6) is 1.19. The predicted octanol–water partition coefficient (Wildman–Crippen LogP) is 4.75. The predicted molar refractivity (Wildman–Crippen MR) is 107 cm³/mol. The smallest absolute Gasteiger partial charge is 0.344 e. The molecular weight excluding hydrogens is 356 g/mol. The number of fused-ring (bicyclic) bond motifs is 1. The van der Waals surface area contributed by atoms with Gasteiger partial charge in [-0.25, -0.2) is 4.79 Å². The van der Waals surface area contributed by atoms with Crippen LogP contribution in [0.15, 0.2) is 82.0 Å². The fourth-order valence-corrected chi connectivity index (χ4v) is 3.01. The molecule has 3 aromatic carbocycles. The molecule has 0 unspecified atom stereocenters. The Hall–Kier alpha value is -3.73. The zero-order valence-electron chi connectivity index (χ0n) is 15.2. The monoisotopic (exact) mass is 374 g/mol. The molecule has 0 saturated carbocycles. The van der Waals surface area contributed by atoms with Gasteiger partial charge in [0.2, 0.25) is 0 Å². The van der Waals surface area contributed by atoms with Gasteiger partial charge in [0.1, 0.15) is 29.4 Å². The molecule has 0 spiro atoms. The van der Waals surface area contributed by atoms with Crippen LogP contribution in [0.2, 0.25) is 0 Å². The Morgan fingerprint density at radius 1 is 0.929 bits per heavy atom. The Morgan fingerprint density at radius 2 is 1.75 bits per heavy atom. The average Bonchev–Trinajstić information content (AvgIpc) is 2.72. The SMILES string of the molecule is COc1cc(OCc2ccccc2)ccc1-c1cc2ccc(O)cc2oc1=O. The molecule has 140 valence electrons. The number of aromatic hydroxyl groups is 1. The summed E-state index contributed by atoms with van der Waals surface area (Å²) in [5.41, 5.74) is 1.87. The van der Waals surface area contributed by atoms with Crippen molar-refractivity contribution in [3.63, 3.8) is 0 Å². The quantitative estimate of drug-likeness (QED) is 0.511. The second kappa shape index (κ2) is 7.48. The zero-order valence-corrected chi connectivity index (χ0v) is 15.2. The van der Waals surface area contributed by atoms with Gasteiger partial charge in [0.15, 0.2) is 0 Å². The van der Waals surface area contributed by atoms with Gasteiger partial charge in [-0.1, -0.05) is 30.3 Å². The Labute approximate surface area is 161 Å². The zero-order chi connectivity index (χ0) is 19.5. The minimum absolute atomic E-state index is 0.0425. The van der Waals surface area contributed by atoms with Crippen molar-refractivity contribution >= 4 is 11.0 Å². The maximum absolute atomic E-state index is 12.5. The number of ether oxygens (including phenoxy) is 2. The van der Waals surface area contributed by atoms with Crippen LogP contribution in [0.25, 0.3) is 22.1 Å². The van der Waals surface area contributed by atoms with E-state index in [-0.39, 0.29) is 5.75 Å². The van der Waals surface area contributed by atoms with Crippen LogP contribution < -0.4 is 15.1 Å². The number of phenolic OH excluding ortho intramolecular Hbond substituents is 1. The van der Waals surface area contributed by atoms with Crippen LogP contribution in [0.4, 0.5) is 0 Å². The fraction of sp³-hybridized carbons (Fsp3) is 0.0870. The lowest BCUT2D eigenvalue weighted by atomic mass is 10.0. The lowest BCUT2D eigenvalue weighted by molar-refractivity contribution is 0.304. The Bertz CT molecular complexity index is 1180. The van der Waals surface area contributed by atoms with E-state index < -0.39 is 5.63 Å². The molecule has 4 aromatic rings. The van der Waals surface area contributed by atoms with Crippen molar-refractivity contribution in [3.05, 3.63) is 88.8 Å². The van der Waals surface area contributed by atoms with E-state index in [0.717, 1.165) is 5.56 Å². The molecule has 1 N–H and O–H groups in total. The largest absolute Gasteiger partial charge is 0.508 e. The van der Waals surface area contributed by atoms with Crippen molar-refractivity contribution in [1.82, 2.24) is 0 Å². The van der Waals surface area contributed by atoms with Crippen molar-refractivity contribution in [1.29, 1.82) is 0 Å². The molecule has 0 aliphatic rings. The van der Waals surface area contributed by atoms with Crippen LogP contribution in [0, 0.1) is 0 Å². The van der Waals surface area contributed by atoms with E-state index in [2.05, 4.69) is 0 Å². The maximum atomic E-state index is 12.5. The van der Waals surface area contributed by atoms with E-state index >= 15 is 0 Å². The highest BCUT2D eigenvalue weighted by Crippen LogP contribution is 2.33. The standard InChI is InChI=1S/C23H18O5/c1-26-22-13-18(27-14-15-5-3-2-4-6-15)9-10-19(22)20-11-16-7-8-17(24)12-21(16)28-23(20)25/h2-13,24H,14H2,1H3. The molecule has 4 rings (SSSR count). The summed E-state index contributed by atoms with van der Waals surface area (Å²) >= 11 is 0. The molecule has 0 saturated heterocycles. The summed E-state index contributed by atoms with van der Waals surface area (Å²) < 4.78 is 16.7. The van der Waals surface area contributed by atoms with Crippen molar-refractivity contribution < 1.29 is 19.0 Å². The summed E-state index contributed by atoms with van der Waals surface area (Å²) in [5, 5.41) is 10.3. The first-order valence-corrected chi connectivity index (χ1v) is 8.76. The van der Waals surface area contributed by atoms with Gasteiger partial charge < -0.3 is 19.0 Å². The van der Waals surface area contributed by atoms with Crippen LogP contribution in [0.3, 0.4) is 0 Å². The van der Waals surface area contributed by atoms with Crippen LogP contribution in [-0.2, 0) is 6.61 Å². The average molecular weight is 374 g/mol. The Morgan fingerprint density at radius 3 is 2.54 bits per heavy atom. The number of benzene rings is 3. The fourth-order valence-electron chi connectivity index (χ4n) is 3.01. The van der Waals surface area contributed by atoms with Gasteiger partial charge in [0.05, 0.1) is 12.7 Å². The van der Waals surface area contributed by atoms with Crippen molar-refractivity contribution in [3.8, 4) is 28.4 Å². The lowest BCUT2D eigenvalue weighted by Crippen LogP contribution is -2.04. The van der Waals surface area contributed by atoms with Crippen LogP contribution >= 0.6 is 0 Å². The highest BCUT2D eigenvalue weighted by atomic mass is 16.5.